The molecule has 0 aliphatic rings. The van der Waals surface area contributed by atoms with Crippen LogP contribution in [0.3, 0.4) is 0 Å². The molecule has 2 rings (SSSR count). The van der Waals surface area contributed by atoms with Gasteiger partial charge < -0.3 is 0 Å². The second kappa shape index (κ2) is 5.44. The Balaban J connectivity index is 2.44. The number of aromatic nitrogens is 1. The molecule has 0 fully saturated rings. The monoisotopic (exact) mass is 265 g/mol. The summed E-state index contributed by atoms with van der Waals surface area (Å²) in [6.07, 6.45) is 1.67. The van der Waals surface area contributed by atoms with Crippen LogP contribution in [0.15, 0.2) is 36.5 Å². The van der Waals surface area contributed by atoms with E-state index in [-0.39, 0.29) is 5.82 Å². The lowest BCUT2D eigenvalue weighted by atomic mass is 10.00. The summed E-state index contributed by atoms with van der Waals surface area (Å²) in [5.41, 5.74) is 4.65. The zero-order valence-electron chi connectivity index (χ0n) is 9.82. The molecule has 1 atom stereocenters. The third kappa shape index (κ3) is 2.67. The van der Waals surface area contributed by atoms with Gasteiger partial charge in [0.2, 0.25) is 0 Å². The summed E-state index contributed by atoms with van der Waals surface area (Å²) in [5.74, 6) is 5.15. The van der Waals surface area contributed by atoms with Gasteiger partial charge in [-0.2, -0.15) is 0 Å². The summed E-state index contributed by atoms with van der Waals surface area (Å²) in [6.45, 7) is 1.88. The quantitative estimate of drug-likeness (QED) is 0.663. The molecule has 0 aliphatic heterocycles. The molecule has 0 radical (unpaired) electrons. The Kier molecular flexibility index (Phi) is 3.91. The summed E-state index contributed by atoms with van der Waals surface area (Å²) in [5, 5.41) is 0.465. The normalized spacial score (nSPS) is 12.4. The van der Waals surface area contributed by atoms with E-state index in [1.54, 1.807) is 12.3 Å². The van der Waals surface area contributed by atoms with Crippen LogP contribution in [-0.4, -0.2) is 4.98 Å². The van der Waals surface area contributed by atoms with Gasteiger partial charge in [0, 0.05) is 22.5 Å². The Morgan fingerprint density at radius 2 is 2.11 bits per heavy atom. The van der Waals surface area contributed by atoms with Gasteiger partial charge in [-0.3, -0.25) is 10.8 Å². The van der Waals surface area contributed by atoms with Gasteiger partial charge >= 0.3 is 0 Å². The summed E-state index contributed by atoms with van der Waals surface area (Å²) in [7, 11) is 0. The maximum absolute atomic E-state index is 13.8. The van der Waals surface area contributed by atoms with E-state index in [2.05, 4.69) is 10.4 Å². The second-order valence-corrected chi connectivity index (χ2v) is 4.43. The minimum Gasteiger partial charge on any atom is -0.271 e. The van der Waals surface area contributed by atoms with Crippen molar-refractivity contribution in [3.8, 4) is 0 Å². The lowest BCUT2D eigenvalue weighted by Crippen LogP contribution is -2.29. The van der Waals surface area contributed by atoms with Gasteiger partial charge in [-0.25, -0.2) is 9.82 Å². The predicted molar refractivity (Wildman–Crippen MR) is 69.6 cm³/mol. The lowest BCUT2D eigenvalue weighted by Gasteiger charge is -2.17. The van der Waals surface area contributed by atoms with E-state index in [4.69, 9.17) is 17.4 Å². The number of nitrogens with two attached hydrogens (primary N) is 1. The molecule has 0 saturated carbocycles. The maximum atomic E-state index is 13.8. The highest BCUT2D eigenvalue weighted by molar-refractivity contribution is 6.30. The molecule has 0 amide bonds. The van der Waals surface area contributed by atoms with Crippen LogP contribution >= 0.6 is 11.6 Å². The first-order valence-electron chi connectivity index (χ1n) is 5.45. The molecule has 18 heavy (non-hydrogen) atoms. The first kappa shape index (κ1) is 13.0. The van der Waals surface area contributed by atoms with E-state index >= 15 is 0 Å². The van der Waals surface area contributed by atoms with Crippen LogP contribution in [0.5, 0.6) is 0 Å². The van der Waals surface area contributed by atoms with E-state index in [9.17, 15) is 4.39 Å². The molecule has 5 heteroatoms. The van der Waals surface area contributed by atoms with Gasteiger partial charge in [0.15, 0.2) is 0 Å². The molecule has 2 aromatic rings. The largest absolute Gasteiger partial charge is 0.271 e. The number of hydrogen-bond acceptors (Lipinski definition) is 3. The van der Waals surface area contributed by atoms with Crippen molar-refractivity contribution in [2.75, 3.05) is 0 Å². The van der Waals surface area contributed by atoms with Crippen LogP contribution in [0, 0.1) is 12.7 Å². The van der Waals surface area contributed by atoms with Crippen molar-refractivity contribution in [3.63, 3.8) is 0 Å². The molecule has 3 nitrogen and oxygen atoms in total. The van der Waals surface area contributed by atoms with E-state index in [1.807, 2.05) is 19.1 Å². The SMILES string of the molecule is Cc1ccc(C(NN)c2cc(Cl)ccc2F)cn1. The summed E-state index contributed by atoms with van der Waals surface area (Å²) >= 11 is 5.88. The van der Waals surface area contributed by atoms with E-state index in [0.717, 1.165) is 11.3 Å². The fourth-order valence-corrected chi connectivity index (χ4v) is 1.93. The highest BCUT2D eigenvalue weighted by atomic mass is 35.5. The van der Waals surface area contributed by atoms with E-state index < -0.39 is 6.04 Å². The zero-order valence-corrected chi connectivity index (χ0v) is 10.6. The van der Waals surface area contributed by atoms with Crippen LogP contribution in [-0.2, 0) is 0 Å². The molecule has 0 aliphatic carbocycles. The van der Waals surface area contributed by atoms with Gasteiger partial charge in [0.25, 0.3) is 0 Å². The summed E-state index contributed by atoms with van der Waals surface area (Å²) in [6, 6.07) is 7.61. The van der Waals surface area contributed by atoms with Crippen molar-refractivity contribution in [3.05, 3.63) is 64.2 Å². The van der Waals surface area contributed by atoms with E-state index in [0.29, 0.717) is 10.6 Å². The minimum absolute atomic E-state index is 0.358. The average molecular weight is 266 g/mol. The number of benzene rings is 1. The number of nitrogens with one attached hydrogen (secondary N) is 1. The molecule has 1 heterocycles. The van der Waals surface area contributed by atoms with Gasteiger partial charge in [-0.05, 0) is 36.8 Å². The zero-order chi connectivity index (χ0) is 13.1. The molecule has 1 aromatic carbocycles. The Morgan fingerprint density at radius 1 is 1.33 bits per heavy atom. The number of aryl methyl sites for hydroxylation is 1. The van der Waals surface area contributed by atoms with Gasteiger partial charge in [-0.15, -0.1) is 0 Å². The van der Waals surface area contributed by atoms with Crippen LogP contribution < -0.4 is 11.3 Å². The third-order valence-corrected chi connectivity index (χ3v) is 2.94. The van der Waals surface area contributed by atoms with Gasteiger partial charge in [-0.1, -0.05) is 17.7 Å². The Bertz CT molecular complexity index is 542. The van der Waals surface area contributed by atoms with Crippen molar-refractivity contribution in [2.24, 2.45) is 5.84 Å². The fraction of sp³-hybridized carbons (Fsp3) is 0.154. The van der Waals surface area contributed by atoms with Gasteiger partial charge in [0.05, 0.1) is 6.04 Å². The van der Waals surface area contributed by atoms with Crippen LogP contribution in [0.4, 0.5) is 4.39 Å². The number of rotatable bonds is 3. The number of hydrogen-bond donors (Lipinski definition) is 2. The summed E-state index contributed by atoms with van der Waals surface area (Å²) in [4.78, 5) is 4.17. The smallest absolute Gasteiger partial charge is 0.128 e. The fourth-order valence-electron chi connectivity index (χ4n) is 1.75. The molecule has 1 unspecified atom stereocenters. The lowest BCUT2D eigenvalue weighted by molar-refractivity contribution is 0.559. The highest BCUT2D eigenvalue weighted by Crippen LogP contribution is 2.26. The summed E-state index contributed by atoms with van der Waals surface area (Å²) < 4.78 is 13.8. The van der Waals surface area contributed by atoms with Crippen molar-refractivity contribution in [1.82, 2.24) is 10.4 Å². The van der Waals surface area contributed by atoms with E-state index in [1.165, 1.54) is 12.1 Å². The van der Waals surface area contributed by atoms with Crippen molar-refractivity contribution >= 4 is 11.6 Å². The Labute approximate surface area is 110 Å². The number of halogens is 2. The van der Waals surface area contributed by atoms with Crippen LogP contribution in [0.2, 0.25) is 5.02 Å². The van der Waals surface area contributed by atoms with Gasteiger partial charge in [0.1, 0.15) is 5.82 Å². The van der Waals surface area contributed by atoms with Crippen molar-refractivity contribution in [1.29, 1.82) is 0 Å². The standard InChI is InChI=1S/C13H13ClFN3/c1-8-2-3-9(7-17-8)13(18-16)11-6-10(14)4-5-12(11)15/h2-7,13,18H,16H2,1H3. The Morgan fingerprint density at radius 3 is 2.72 bits per heavy atom. The number of hydrazine groups is 1. The third-order valence-electron chi connectivity index (χ3n) is 2.70. The van der Waals surface area contributed by atoms with Crippen LogP contribution in [0.25, 0.3) is 0 Å². The molecule has 3 N–H and O–H groups in total. The molecule has 94 valence electrons. The number of nitrogens with zero attached hydrogens (tertiary/aromatic N) is 1. The number of pyridine rings is 1. The molecular formula is C13H13ClFN3. The molecule has 0 bridgehead atoms. The van der Waals surface area contributed by atoms with Crippen LogP contribution in [0.1, 0.15) is 22.9 Å². The maximum Gasteiger partial charge on any atom is 0.128 e. The topological polar surface area (TPSA) is 50.9 Å². The Hall–Kier alpha value is -1.49. The van der Waals surface area contributed by atoms with Crippen molar-refractivity contribution in [2.45, 2.75) is 13.0 Å². The minimum atomic E-state index is -0.475. The first-order valence-corrected chi connectivity index (χ1v) is 5.83. The molecule has 1 aromatic heterocycles. The molecule has 0 saturated heterocycles. The predicted octanol–water partition coefficient (Wildman–Crippen LogP) is 2.74. The average Bonchev–Trinajstić information content (AvgIpc) is 2.37. The second-order valence-electron chi connectivity index (χ2n) is 4.00. The highest BCUT2D eigenvalue weighted by Gasteiger charge is 2.17. The first-order chi connectivity index (χ1) is 8.61. The molecular weight excluding hydrogens is 253 g/mol. The molecule has 0 spiro atoms. The van der Waals surface area contributed by atoms with Crippen molar-refractivity contribution < 1.29 is 4.39 Å².